The standard InChI is InChI=1S/C23H14N2O.C20H13N3.C19H12N4O.C19H12N4/c1-2-7-16-14-25-17(12-15(16)6-1)13-21(24-25)20-10-5-9-19-18-8-3-4-11-22(18)26-23(19)20;1-2-5-17-13-23-18(10-15(17)4-1)12-20(22-23)16-8-7-14-6-3-9-21-19(14)11-16;1-2-6-13(7-3-1)18-20-21-19(24-18)17-11-16-10-14-8-4-5-9-15(14)12-23(16)22-17;1-2-6-14-12-23-15(9-13(14)5-1)10-18(22-23)19-11-20-16-7-3-4-8-17(16)21-19/h1-14H;1-13H;1-12H;1-12H. The van der Waals surface area contributed by atoms with E-state index in [1.165, 1.54) is 37.7 Å². The zero-order chi connectivity index (χ0) is 63.5. The topological polar surface area (TPSA) is 160 Å². The number of nitrogens with zero attached hydrogens (tertiary/aromatic N) is 13. The molecular weight excluding hydrogens is 1190 g/mol. The Morgan fingerprint density at radius 1 is 0.281 bits per heavy atom. The van der Waals surface area contributed by atoms with Crippen LogP contribution in [0.2, 0.25) is 0 Å². The minimum Gasteiger partial charge on any atom is -0.455 e. The third kappa shape index (κ3) is 10.5. The van der Waals surface area contributed by atoms with Crippen LogP contribution in [0.4, 0.5) is 0 Å². The van der Waals surface area contributed by atoms with E-state index in [1.54, 1.807) is 6.20 Å². The summed E-state index contributed by atoms with van der Waals surface area (Å²) >= 11 is 0. The van der Waals surface area contributed by atoms with Crippen molar-refractivity contribution in [1.82, 2.24) is 63.6 Å². The van der Waals surface area contributed by atoms with Crippen molar-refractivity contribution >= 4 is 109 Å². The Labute approximate surface area is 545 Å². The number of hydrogen-bond donors (Lipinski definition) is 0. The first-order chi connectivity index (χ1) is 47.5. The lowest BCUT2D eigenvalue weighted by molar-refractivity contribution is 0.581. The van der Waals surface area contributed by atoms with E-state index in [-0.39, 0.29) is 0 Å². The molecule has 0 saturated heterocycles. The summed E-state index contributed by atoms with van der Waals surface area (Å²) in [5.41, 5.74) is 16.0. The van der Waals surface area contributed by atoms with E-state index in [2.05, 4.69) is 193 Å². The Kier molecular flexibility index (Phi) is 13.4. The maximum Gasteiger partial charge on any atom is 0.268 e. The second-order valence-corrected chi connectivity index (χ2v) is 23.4. The summed E-state index contributed by atoms with van der Waals surface area (Å²) in [4.78, 5) is 13.6. The van der Waals surface area contributed by atoms with Crippen LogP contribution in [0.5, 0.6) is 0 Å². The van der Waals surface area contributed by atoms with Crippen LogP contribution in [0.1, 0.15) is 0 Å². The molecule has 9 aromatic carbocycles. The van der Waals surface area contributed by atoms with E-state index in [4.69, 9.17) is 19.0 Å². The van der Waals surface area contributed by atoms with Gasteiger partial charge in [0, 0.05) is 85.4 Å². The van der Waals surface area contributed by atoms with Crippen LogP contribution >= 0.6 is 0 Å². The van der Waals surface area contributed by atoms with Crippen molar-refractivity contribution in [3.63, 3.8) is 0 Å². The molecule has 0 spiro atoms. The number of aromatic nitrogens is 13. The van der Waals surface area contributed by atoms with Gasteiger partial charge in [0.25, 0.3) is 5.89 Å². The Morgan fingerprint density at radius 2 is 0.771 bits per heavy atom. The molecule has 0 amide bonds. The summed E-state index contributed by atoms with van der Waals surface area (Å²) in [6, 6.07) is 92.3. The molecule has 0 unspecified atom stereocenters. The molecule has 15 heteroatoms. The van der Waals surface area contributed by atoms with E-state index in [1.807, 2.05) is 164 Å². The third-order valence-corrected chi connectivity index (χ3v) is 17.3. The average Bonchev–Trinajstić information content (AvgIpc) is 1.79. The molecule has 0 fully saturated rings. The fourth-order valence-electron chi connectivity index (χ4n) is 12.5. The molecule has 0 N–H and O–H groups in total. The zero-order valence-corrected chi connectivity index (χ0v) is 51.1. The fourth-order valence-corrected chi connectivity index (χ4v) is 12.5. The first kappa shape index (κ1) is 55.3. The fraction of sp³-hybridized carbons (Fsp3) is 0. The predicted octanol–water partition coefficient (Wildman–Crippen LogP) is 19.1. The van der Waals surface area contributed by atoms with E-state index < -0.39 is 0 Å². The van der Waals surface area contributed by atoms with Crippen molar-refractivity contribution in [3.8, 4) is 56.9 Å². The van der Waals surface area contributed by atoms with E-state index >= 15 is 0 Å². The molecule has 96 heavy (non-hydrogen) atoms. The van der Waals surface area contributed by atoms with Crippen LogP contribution in [-0.2, 0) is 0 Å². The van der Waals surface area contributed by atoms with Gasteiger partial charge in [-0.1, -0.05) is 176 Å². The lowest BCUT2D eigenvalue weighted by atomic mass is 10.1. The van der Waals surface area contributed by atoms with Crippen LogP contribution in [-0.4, -0.2) is 63.6 Å². The predicted molar refractivity (Wildman–Crippen MR) is 382 cm³/mol. The van der Waals surface area contributed by atoms with Gasteiger partial charge in [0.15, 0.2) is 5.69 Å². The molecule has 0 bridgehead atoms. The molecule has 0 aliphatic carbocycles. The molecule has 12 aromatic heterocycles. The van der Waals surface area contributed by atoms with Crippen LogP contribution in [0.15, 0.2) is 319 Å². The summed E-state index contributed by atoms with van der Waals surface area (Å²) < 4.78 is 19.6. The lowest BCUT2D eigenvalue weighted by Crippen LogP contribution is -1.90. The van der Waals surface area contributed by atoms with Crippen molar-refractivity contribution in [2.75, 3.05) is 0 Å². The smallest absolute Gasteiger partial charge is 0.268 e. The number of para-hydroxylation sites is 4. The van der Waals surface area contributed by atoms with E-state index in [0.717, 1.165) is 111 Å². The first-order valence-electron chi connectivity index (χ1n) is 31.4. The maximum absolute atomic E-state index is 6.16. The minimum absolute atomic E-state index is 0.418. The van der Waals surface area contributed by atoms with E-state index in [9.17, 15) is 0 Å². The second kappa shape index (κ2) is 23.3. The van der Waals surface area contributed by atoms with Gasteiger partial charge < -0.3 is 8.83 Å². The Balaban J connectivity index is 0.0000000935. The van der Waals surface area contributed by atoms with E-state index in [0.29, 0.717) is 17.5 Å². The molecular formula is C81H51N13O2. The average molecular weight is 1240 g/mol. The highest BCUT2D eigenvalue weighted by molar-refractivity contribution is 6.09. The molecule has 12 heterocycles. The quantitative estimate of drug-likeness (QED) is 0.161. The number of benzene rings is 9. The maximum atomic E-state index is 6.16. The van der Waals surface area contributed by atoms with Gasteiger partial charge in [0.2, 0.25) is 5.89 Å². The molecule has 0 aliphatic rings. The highest BCUT2D eigenvalue weighted by Crippen LogP contribution is 2.36. The van der Waals surface area contributed by atoms with Gasteiger partial charge in [-0.3, -0.25) is 9.97 Å². The normalized spacial score (nSPS) is 11.5. The molecule has 0 saturated carbocycles. The van der Waals surface area contributed by atoms with Crippen LogP contribution in [0.25, 0.3) is 166 Å². The van der Waals surface area contributed by atoms with Gasteiger partial charge in [-0.05, 0) is 119 Å². The van der Waals surface area contributed by atoms with Crippen LogP contribution in [0.3, 0.4) is 0 Å². The Morgan fingerprint density at radius 3 is 1.42 bits per heavy atom. The van der Waals surface area contributed by atoms with Crippen LogP contribution in [0, 0.1) is 0 Å². The molecule has 0 radical (unpaired) electrons. The molecule has 452 valence electrons. The highest BCUT2D eigenvalue weighted by atomic mass is 16.4. The monoisotopic (exact) mass is 1240 g/mol. The molecule has 21 rings (SSSR count). The largest absolute Gasteiger partial charge is 0.455 e. The van der Waals surface area contributed by atoms with Gasteiger partial charge >= 0.3 is 0 Å². The van der Waals surface area contributed by atoms with Crippen molar-refractivity contribution < 1.29 is 8.83 Å². The lowest BCUT2D eigenvalue weighted by Gasteiger charge is -1.99. The van der Waals surface area contributed by atoms with Gasteiger partial charge in [-0.2, -0.15) is 20.4 Å². The molecule has 15 nitrogen and oxygen atoms in total. The Bertz CT molecular complexity index is 6120. The summed E-state index contributed by atoms with van der Waals surface area (Å²) in [5, 5.41) is 39.9. The van der Waals surface area contributed by atoms with Gasteiger partial charge in [0.1, 0.15) is 22.6 Å². The number of pyridine rings is 5. The third-order valence-electron chi connectivity index (χ3n) is 17.3. The van der Waals surface area contributed by atoms with Crippen molar-refractivity contribution in [1.29, 1.82) is 0 Å². The summed E-state index contributed by atoms with van der Waals surface area (Å²) in [5.74, 6) is 0.912. The first-order valence-corrected chi connectivity index (χ1v) is 31.4. The minimum atomic E-state index is 0.418. The zero-order valence-electron chi connectivity index (χ0n) is 51.1. The second-order valence-electron chi connectivity index (χ2n) is 23.4. The Hall–Kier alpha value is -13.5. The summed E-state index contributed by atoms with van der Waals surface area (Å²) in [6.07, 6.45) is 11.8. The number of fused-ring (bicyclic) bond motifs is 13. The van der Waals surface area contributed by atoms with Gasteiger partial charge in [-0.15, -0.1) is 10.2 Å². The highest BCUT2D eigenvalue weighted by Gasteiger charge is 2.17. The molecule has 21 aromatic rings. The summed E-state index contributed by atoms with van der Waals surface area (Å²) in [7, 11) is 0. The van der Waals surface area contributed by atoms with Crippen molar-refractivity contribution in [2.24, 2.45) is 0 Å². The number of hydrogen-bond acceptors (Lipinski definition) is 11. The van der Waals surface area contributed by atoms with Gasteiger partial charge in [-0.25, -0.2) is 23.0 Å². The number of furan rings is 1. The van der Waals surface area contributed by atoms with Gasteiger partial charge in [0.05, 0.1) is 56.2 Å². The van der Waals surface area contributed by atoms with Crippen LogP contribution < -0.4 is 0 Å². The van der Waals surface area contributed by atoms with Crippen molar-refractivity contribution in [3.05, 3.63) is 310 Å². The SMILES string of the molecule is c1ccc(-c2nnc(-c3cc4cc5ccccc5cn4n3)o2)cc1.c1ccc2cn3nc(-c4ccc5cccnc5c4)cc3cc2c1.c1ccc2cn3nc(-c4cccc5c4oc4ccccc45)cc3cc2c1.c1ccc2cn3nc(-c4cnc5ccccc5n4)cc3cc2c1. The molecule has 0 atom stereocenters. The molecule has 0 aliphatic heterocycles. The van der Waals surface area contributed by atoms with Crippen molar-refractivity contribution in [2.45, 2.75) is 0 Å². The summed E-state index contributed by atoms with van der Waals surface area (Å²) in [6.45, 7) is 0. The number of rotatable bonds is 5.